The maximum atomic E-state index is 6.01. The van der Waals surface area contributed by atoms with Gasteiger partial charge in [0, 0.05) is 10.6 Å². The lowest BCUT2D eigenvalue weighted by atomic mass is 9.93. The van der Waals surface area contributed by atoms with Gasteiger partial charge in [-0.05, 0) is 50.5 Å². The molecule has 0 fully saturated rings. The molecule has 0 saturated heterocycles. The first-order valence-corrected chi connectivity index (χ1v) is 5.33. The van der Waals surface area contributed by atoms with Gasteiger partial charge in [0.25, 0.3) is 0 Å². The molecule has 15 heavy (non-hydrogen) atoms. The molecule has 3 heteroatoms. The van der Waals surface area contributed by atoms with Crippen LogP contribution in [0.1, 0.15) is 25.0 Å². The Bertz CT molecular complexity index is 355. The van der Waals surface area contributed by atoms with Crippen molar-refractivity contribution < 1.29 is 4.74 Å². The van der Waals surface area contributed by atoms with Crippen molar-refractivity contribution in [3.63, 3.8) is 0 Å². The van der Waals surface area contributed by atoms with Crippen molar-refractivity contribution in [3.05, 3.63) is 28.3 Å². The van der Waals surface area contributed by atoms with Gasteiger partial charge in [0.2, 0.25) is 0 Å². The average molecular weight is 228 g/mol. The van der Waals surface area contributed by atoms with E-state index in [1.165, 1.54) is 0 Å². The predicted molar refractivity (Wildman–Crippen MR) is 64.7 cm³/mol. The number of halogens is 1. The lowest BCUT2D eigenvalue weighted by Gasteiger charge is -2.21. The van der Waals surface area contributed by atoms with Gasteiger partial charge in [-0.2, -0.15) is 0 Å². The highest BCUT2D eigenvalue weighted by molar-refractivity contribution is 6.30. The summed E-state index contributed by atoms with van der Waals surface area (Å²) in [4.78, 5) is 0. The second kappa shape index (κ2) is 4.42. The van der Waals surface area contributed by atoms with Crippen LogP contribution in [0.25, 0.3) is 0 Å². The average Bonchev–Trinajstić information content (AvgIpc) is 2.08. The Kier molecular flexibility index (Phi) is 3.63. The van der Waals surface area contributed by atoms with Gasteiger partial charge in [-0.15, -0.1) is 0 Å². The standard InChI is InChI=1S/C12H18ClNO/c1-8-9(7-12(2,3)14)5-10(13)6-11(8)15-4/h5-6H,7,14H2,1-4H3. The molecule has 0 heterocycles. The van der Waals surface area contributed by atoms with E-state index in [1.807, 2.05) is 32.9 Å². The van der Waals surface area contributed by atoms with Gasteiger partial charge in [-0.1, -0.05) is 11.6 Å². The zero-order chi connectivity index (χ0) is 11.6. The van der Waals surface area contributed by atoms with Crippen LogP contribution in [0.5, 0.6) is 5.75 Å². The maximum Gasteiger partial charge on any atom is 0.123 e. The van der Waals surface area contributed by atoms with E-state index in [0.717, 1.165) is 23.3 Å². The van der Waals surface area contributed by atoms with E-state index in [2.05, 4.69) is 0 Å². The van der Waals surface area contributed by atoms with Crippen molar-refractivity contribution >= 4 is 11.6 Å². The number of ether oxygens (including phenoxy) is 1. The highest BCUT2D eigenvalue weighted by atomic mass is 35.5. The first-order chi connectivity index (χ1) is 6.83. The molecule has 0 spiro atoms. The summed E-state index contributed by atoms with van der Waals surface area (Å²) in [6.07, 6.45) is 0.787. The van der Waals surface area contributed by atoms with E-state index in [-0.39, 0.29) is 5.54 Å². The van der Waals surface area contributed by atoms with Crippen LogP contribution in [0, 0.1) is 6.92 Å². The monoisotopic (exact) mass is 227 g/mol. The van der Waals surface area contributed by atoms with Crippen LogP contribution in [0.3, 0.4) is 0 Å². The summed E-state index contributed by atoms with van der Waals surface area (Å²) in [7, 11) is 1.65. The number of hydrogen-bond donors (Lipinski definition) is 1. The molecule has 0 aromatic heterocycles. The van der Waals surface area contributed by atoms with Crippen LogP contribution in [-0.2, 0) is 6.42 Å². The summed E-state index contributed by atoms with van der Waals surface area (Å²) >= 11 is 6.01. The first kappa shape index (κ1) is 12.3. The molecule has 1 rings (SSSR count). The topological polar surface area (TPSA) is 35.2 Å². The van der Waals surface area contributed by atoms with Gasteiger partial charge in [0.1, 0.15) is 5.75 Å². The minimum atomic E-state index is -0.236. The molecule has 0 unspecified atom stereocenters. The van der Waals surface area contributed by atoms with E-state index in [9.17, 15) is 0 Å². The maximum absolute atomic E-state index is 6.01. The van der Waals surface area contributed by atoms with Gasteiger partial charge in [-0.25, -0.2) is 0 Å². The van der Waals surface area contributed by atoms with Crippen LogP contribution in [0.4, 0.5) is 0 Å². The summed E-state index contributed by atoms with van der Waals surface area (Å²) in [6, 6.07) is 3.78. The summed E-state index contributed by atoms with van der Waals surface area (Å²) in [5.74, 6) is 0.821. The van der Waals surface area contributed by atoms with Crippen LogP contribution < -0.4 is 10.5 Å². The molecule has 0 bridgehead atoms. The minimum absolute atomic E-state index is 0.236. The van der Waals surface area contributed by atoms with Crippen molar-refractivity contribution in [2.24, 2.45) is 5.73 Å². The molecule has 2 nitrogen and oxygen atoms in total. The lowest BCUT2D eigenvalue weighted by molar-refractivity contribution is 0.410. The Morgan fingerprint density at radius 3 is 2.47 bits per heavy atom. The molecule has 84 valence electrons. The Labute approximate surface area is 96.4 Å². The van der Waals surface area contributed by atoms with Crippen LogP contribution >= 0.6 is 11.6 Å². The Hall–Kier alpha value is -0.730. The molecule has 0 aliphatic carbocycles. The molecule has 0 amide bonds. The van der Waals surface area contributed by atoms with Gasteiger partial charge in [-0.3, -0.25) is 0 Å². The van der Waals surface area contributed by atoms with Crippen molar-refractivity contribution in [1.82, 2.24) is 0 Å². The third kappa shape index (κ3) is 3.40. The fraction of sp³-hybridized carbons (Fsp3) is 0.500. The van der Waals surface area contributed by atoms with Crippen LogP contribution in [-0.4, -0.2) is 12.6 Å². The molecular weight excluding hydrogens is 210 g/mol. The van der Waals surface area contributed by atoms with Crippen molar-refractivity contribution in [2.45, 2.75) is 32.7 Å². The predicted octanol–water partition coefficient (Wildman–Crippen LogP) is 2.94. The number of benzene rings is 1. The largest absolute Gasteiger partial charge is 0.496 e. The first-order valence-electron chi connectivity index (χ1n) is 4.95. The van der Waals surface area contributed by atoms with E-state index in [0.29, 0.717) is 5.02 Å². The molecule has 2 N–H and O–H groups in total. The Balaban J connectivity index is 3.12. The SMILES string of the molecule is COc1cc(Cl)cc(CC(C)(C)N)c1C. The van der Waals surface area contributed by atoms with E-state index < -0.39 is 0 Å². The number of nitrogens with two attached hydrogens (primary N) is 1. The zero-order valence-electron chi connectivity index (χ0n) is 9.73. The smallest absolute Gasteiger partial charge is 0.123 e. The normalized spacial score (nSPS) is 11.6. The number of methoxy groups -OCH3 is 1. The minimum Gasteiger partial charge on any atom is -0.496 e. The van der Waals surface area contributed by atoms with Gasteiger partial charge in [0.15, 0.2) is 0 Å². The van der Waals surface area contributed by atoms with Crippen molar-refractivity contribution in [3.8, 4) is 5.75 Å². The van der Waals surface area contributed by atoms with Crippen molar-refractivity contribution in [1.29, 1.82) is 0 Å². The Morgan fingerprint density at radius 2 is 2.00 bits per heavy atom. The number of hydrogen-bond acceptors (Lipinski definition) is 2. The Morgan fingerprint density at radius 1 is 1.40 bits per heavy atom. The van der Waals surface area contributed by atoms with E-state index >= 15 is 0 Å². The second-order valence-corrected chi connectivity index (χ2v) is 4.99. The quantitative estimate of drug-likeness (QED) is 0.862. The highest BCUT2D eigenvalue weighted by Gasteiger charge is 2.15. The molecule has 0 atom stereocenters. The lowest BCUT2D eigenvalue weighted by Crippen LogP contribution is -2.34. The summed E-state index contributed by atoms with van der Waals surface area (Å²) in [6.45, 7) is 6.02. The van der Waals surface area contributed by atoms with Gasteiger partial charge in [0.05, 0.1) is 7.11 Å². The van der Waals surface area contributed by atoms with Gasteiger partial charge < -0.3 is 10.5 Å². The van der Waals surface area contributed by atoms with Crippen molar-refractivity contribution in [2.75, 3.05) is 7.11 Å². The van der Waals surface area contributed by atoms with Gasteiger partial charge >= 0.3 is 0 Å². The highest BCUT2D eigenvalue weighted by Crippen LogP contribution is 2.28. The third-order valence-electron chi connectivity index (χ3n) is 2.30. The summed E-state index contributed by atoms with van der Waals surface area (Å²) in [5.41, 5.74) is 8.02. The molecular formula is C12H18ClNO. The summed E-state index contributed by atoms with van der Waals surface area (Å²) < 4.78 is 5.26. The fourth-order valence-electron chi connectivity index (χ4n) is 1.59. The second-order valence-electron chi connectivity index (χ2n) is 4.56. The molecule has 1 aromatic rings. The third-order valence-corrected chi connectivity index (χ3v) is 2.52. The molecule has 0 radical (unpaired) electrons. The van der Waals surface area contributed by atoms with Crippen LogP contribution in [0.2, 0.25) is 5.02 Å². The van der Waals surface area contributed by atoms with E-state index in [4.69, 9.17) is 22.1 Å². The zero-order valence-corrected chi connectivity index (χ0v) is 10.5. The number of rotatable bonds is 3. The molecule has 0 aliphatic heterocycles. The molecule has 0 saturated carbocycles. The summed E-state index contributed by atoms with van der Waals surface area (Å²) in [5, 5.41) is 0.691. The molecule has 0 aliphatic rings. The molecule has 1 aromatic carbocycles. The van der Waals surface area contributed by atoms with E-state index in [1.54, 1.807) is 7.11 Å². The van der Waals surface area contributed by atoms with Crippen LogP contribution in [0.15, 0.2) is 12.1 Å². The fourth-order valence-corrected chi connectivity index (χ4v) is 1.83.